The molecule has 0 amide bonds. The van der Waals surface area contributed by atoms with Crippen molar-refractivity contribution in [1.82, 2.24) is 0 Å². The van der Waals surface area contributed by atoms with Crippen molar-refractivity contribution in [1.29, 1.82) is 0 Å². The third-order valence-electron chi connectivity index (χ3n) is 3.07. The lowest BCUT2D eigenvalue weighted by Crippen LogP contribution is -2.03. The molecule has 15 heavy (non-hydrogen) atoms. The van der Waals surface area contributed by atoms with Gasteiger partial charge in [-0.3, -0.25) is 0 Å². The first-order valence-electron chi connectivity index (χ1n) is 5.27. The van der Waals surface area contributed by atoms with Gasteiger partial charge in [0.2, 0.25) is 0 Å². The summed E-state index contributed by atoms with van der Waals surface area (Å²) in [7, 11) is 0. The maximum Gasteiger partial charge on any atom is 0.0464 e. The Morgan fingerprint density at radius 3 is 2.47 bits per heavy atom. The van der Waals surface area contributed by atoms with Gasteiger partial charge in [0.05, 0.1) is 0 Å². The van der Waals surface area contributed by atoms with Crippen molar-refractivity contribution in [2.45, 2.75) is 30.5 Å². The van der Waals surface area contributed by atoms with Gasteiger partial charge in [-0.2, -0.15) is 0 Å². The Hall–Kier alpha value is 0.280. The summed E-state index contributed by atoms with van der Waals surface area (Å²) in [5.41, 5.74) is 1.17. The van der Waals surface area contributed by atoms with Crippen LogP contribution < -0.4 is 0 Å². The highest BCUT2D eigenvalue weighted by atomic mass is 79.9. The van der Waals surface area contributed by atoms with Crippen LogP contribution in [0.15, 0.2) is 18.2 Å². The summed E-state index contributed by atoms with van der Waals surface area (Å²) in [6.45, 7) is 0. The molecule has 0 spiro atoms. The van der Waals surface area contributed by atoms with Gasteiger partial charge in [-0.15, -0.1) is 0 Å². The second kappa shape index (κ2) is 5.07. The van der Waals surface area contributed by atoms with Gasteiger partial charge >= 0.3 is 0 Å². The topological polar surface area (TPSA) is 0 Å². The van der Waals surface area contributed by atoms with E-state index in [1.54, 1.807) is 0 Å². The van der Waals surface area contributed by atoms with Crippen molar-refractivity contribution in [3.8, 4) is 0 Å². The molecular formula is C12H13BrCl2. The fourth-order valence-electron chi connectivity index (χ4n) is 2.23. The zero-order chi connectivity index (χ0) is 10.8. The molecule has 0 heterocycles. The van der Waals surface area contributed by atoms with Gasteiger partial charge in [-0.25, -0.2) is 0 Å². The van der Waals surface area contributed by atoms with Crippen molar-refractivity contribution in [2.24, 2.45) is 5.92 Å². The predicted molar refractivity (Wildman–Crippen MR) is 70.1 cm³/mol. The van der Waals surface area contributed by atoms with Crippen LogP contribution in [0.1, 0.15) is 36.1 Å². The number of hydrogen-bond acceptors (Lipinski definition) is 0. The van der Waals surface area contributed by atoms with Crippen LogP contribution in [0.5, 0.6) is 0 Å². The molecule has 1 fully saturated rings. The van der Waals surface area contributed by atoms with Gasteiger partial charge in [0.1, 0.15) is 0 Å². The van der Waals surface area contributed by atoms with Crippen LogP contribution in [0.25, 0.3) is 0 Å². The van der Waals surface area contributed by atoms with Gasteiger partial charge in [0, 0.05) is 14.9 Å². The van der Waals surface area contributed by atoms with E-state index in [0.29, 0.717) is 9.85 Å². The predicted octanol–water partition coefficient (Wildman–Crippen LogP) is 5.62. The quantitative estimate of drug-likeness (QED) is 0.622. The molecule has 2 rings (SSSR count). The van der Waals surface area contributed by atoms with E-state index in [1.165, 1.54) is 31.2 Å². The molecule has 0 nitrogen and oxygen atoms in total. The molecular weight excluding hydrogens is 295 g/mol. The van der Waals surface area contributed by atoms with Gasteiger partial charge < -0.3 is 0 Å². The summed E-state index contributed by atoms with van der Waals surface area (Å²) >= 11 is 15.8. The van der Waals surface area contributed by atoms with Crippen LogP contribution in [0, 0.1) is 5.92 Å². The molecule has 82 valence electrons. The molecule has 1 atom stereocenters. The summed E-state index contributed by atoms with van der Waals surface area (Å²) < 4.78 is 0. The highest BCUT2D eigenvalue weighted by Gasteiger charge is 2.25. The minimum Gasteiger partial charge on any atom is -0.0843 e. The fraction of sp³-hybridized carbons (Fsp3) is 0.500. The van der Waals surface area contributed by atoms with E-state index in [4.69, 9.17) is 23.2 Å². The van der Waals surface area contributed by atoms with Gasteiger partial charge in [-0.05, 0) is 36.5 Å². The van der Waals surface area contributed by atoms with Crippen LogP contribution in [-0.4, -0.2) is 0 Å². The van der Waals surface area contributed by atoms with E-state index in [1.807, 2.05) is 18.2 Å². The molecule has 0 N–H and O–H groups in total. The zero-order valence-corrected chi connectivity index (χ0v) is 11.4. The number of halogens is 3. The second-order valence-corrected chi connectivity index (χ2v) is 5.94. The largest absolute Gasteiger partial charge is 0.0843 e. The molecule has 0 aliphatic heterocycles. The first kappa shape index (κ1) is 11.8. The van der Waals surface area contributed by atoms with Crippen LogP contribution in [0.3, 0.4) is 0 Å². The molecule has 1 aliphatic carbocycles. The highest BCUT2D eigenvalue weighted by Crippen LogP contribution is 2.43. The van der Waals surface area contributed by atoms with Crippen molar-refractivity contribution in [2.75, 3.05) is 0 Å². The van der Waals surface area contributed by atoms with Crippen molar-refractivity contribution >= 4 is 39.1 Å². The maximum atomic E-state index is 6.19. The van der Waals surface area contributed by atoms with E-state index in [-0.39, 0.29) is 0 Å². The second-order valence-electron chi connectivity index (χ2n) is 4.11. The highest BCUT2D eigenvalue weighted by molar-refractivity contribution is 9.09. The Kier molecular flexibility index (Phi) is 3.98. The van der Waals surface area contributed by atoms with E-state index >= 15 is 0 Å². The Morgan fingerprint density at radius 2 is 1.87 bits per heavy atom. The van der Waals surface area contributed by atoms with Gasteiger partial charge in [0.25, 0.3) is 0 Å². The average Bonchev–Trinajstić information content (AvgIpc) is 2.69. The smallest absolute Gasteiger partial charge is 0.0464 e. The van der Waals surface area contributed by atoms with Crippen LogP contribution >= 0.6 is 39.1 Å². The monoisotopic (exact) mass is 306 g/mol. The Balaban J connectivity index is 2.20. The fourth-order valence-corrected chi connectivity index (χ4v) is 3.81. The van der Waals surface area contributed by atoms with Crippen LogP contribution in [0.4, 0.5) is 0 Å². The lowest BCUT2D eigenvalue weighted by molar-refractivity contribution is 0.542. The molecule has 1 aromatic rings. The Bertz CT molecular complexity index is 345. The Morgan fingerprint density at radius 1 is 1.20 bits per heavy atom. The third-order valence-corrected chi connectivity index (χ3v) is 4.88. The molecule has 1 aromatic carbocycles. The average molecular weight is 308 g/mol. The molecule has 3 heteroatoms. The minimum absolute atomic E-state index is 0.379. The first-order valence-corrected chi connectivity index (χ1v) is 6.94. The number of alkyl halides is 1. The third kappa shape index (κ3) is 2.69. The molecule has 1 aliphatic rings. The first-order chi connectivity index (χ1) is 7.18. The van der Waals surface area contributed by atoms with Crippen molar-refractivity contribution in [3.63, 3.8) is 0 Å². The summed E-state index contributed by atoms with van der Waals surface area (Å²) in [5, 5.41) is 1.48. The van der Waals surface area contributed by atoms with E-state index < -0.39 is 0 Å². The molecule has 1 unspecified atom stereocenters. The Labute approximate surface area is 109 Å². The van der Waals surface area contributed by atoms with Crippen LogP contribution in [0.2, 0.25) is 10.0 Å². The summed E-state index contributed by atoms with van der Waals surface area (Å²) in [6, 6.07) is 5.76. The standard InChI is InChI=1S/C12H13BrCl2/c13-12(8-3-1-2-4-8)10-6-5-9(14)7-11(10)15/h5-8,12H,1-4H2. The number of benzene rings is 1. The lowest BCUT2D eigenvalue weighted by atomic mass is 9.98. The lowest BCUT2D eigenvalue weighted by Gasteiger charge is -2.18. The van der Waals surface area contributed by atoms with E-state index in [2.05, 4.69) is 15.9 Å². The number of hydrogen-bond donors (Lipinski definition) is 0. The molecule has 0 radical (unpaired) electrons. The summed E-state index contributed by atoms with van der Waals surface area (Å²) in [5.74, 6) is 0.726. The maximum absolute atomic E-state index is 6.19. The van der Waals surface area contributed by atoms with Gasteiger partial charge in [0.15, 0.2) is 0 Å². The summed E-state index contributed by atoms with van der Waals surface area (Å²) in [6.07, 6.45) is 5.29. The molecule has 1 saturated carbocycles. The molecule has 0 saturated heterocycles. The minimum atomic E-state index is 0.379. The normalized spacial score (nSPS) is 19.4. The van der Waals surface area contributed by atoms with Crippen molar-refractivity contribution in [3.05, 3.63) is 33.8 Å². The van der Waals surface area contributed by atoms with Crippen LogP contribution in [-0.2, 0) is 0 Å². The van der Waals surface area contributed by atoms with Crippen molar-refractivity contribution < 1.29 is 0 Å². The SMILES string of the molecule is Clc1ccc(C(Br)C2CCCC2)c(Cl)c1. The zero-order valence-electron chi connectivity index (χ0n) is 8.35. The van der Waals surface area contributed by atoms with E-state index in [0.717, 1.165) is 10.9 Å². The summed E-state index contributed by atoms with van der Waals surface area (Å²) in [4.78, 5) is 0.379. The molecule has 0 aromatic heterocycles. The molecule has 0 bridgehead atoms. The van der Waals surface area contributed by atoms with Gasteiger partial charge in [-0.1, -0.05) is 58.0 Å². The number of rotatable bonds is 2. The van der Waals surface area contributed by atoms with E-state index in [9.17, 15) is 0 Å².